The molecule has 0 spiro atoms. The van der Waals surface area contributed by atoms with E-state index in [9.17, 15) is 18.0 Å². The number of carbonyl (C=O) groups excluding carboxylic acids is 1. The van der Waals surface area contributed by atoms with Crippen LogP contribution in [0.3, 0.4) is 0 Å². The summed E-state index contributed by atoms with van der Waals surface area (Å²) in [6.07, 6.45) is -2.97. The van der Waals surface area contributed by atoms with Gasteiger partial charge in [-0.3, -0.25) is 4.79 Å². The van der Waals surface area contributed by atoms with Gasteiger partial charge in [-0.2, -0.15) is 18.4 Å². The average molecular weight is 310 g/mol. The summed E-state index contributed by atoms with van der Waals surface area (Å²) in [6, 6.07) is 8.20. The lowest BCUT2D eigenvalue weighted by Gasteiger charge is -2.39. The first kappa shape index (κ1) is 16.3. The summed E-state index contributed by atoms with van der Waals surface area (Å²) in [6.45, 7) is 0. The van der Waals surface area contributed by atoms with Gasteiger partial charge in [0.15, 0.2) is 0 Å². The molecule has 1 saturated carbocycles. The molecule has 22 heavy (non-hydrogen) atoms. The van der Waals surface area contributed by atoms with Crippen LogP contribution in [-0.4, -0.2) is 17.6 Å². The van der Waals surface area contributed by atoms with Gasteiger partial charge in [-0.25, -0.2) is 0 Å². The van der Waals surface area contributed by atoms with E-state index >= 15 is 0 Å². The Kier molecular flexibility index (Phi) is 4.74. The second-order valence-electron chi connectivity index (χ2n) is 5.67. The summed E-state index contributed by atoms with van der Waals surface area (Å²) < 4.78 is 40.0. The molecule has 118 valence electrons. The first-order chi connectivity index (χ1) is 10.4. The zero-order valence-electron chi connectivity index (χ0n) is 12.0. The minimum atomic E-state index is -4.44. The van der Waals surface area contributed by atoms with Crippen LogP contribution in [0.25, 0.3) is 0 Å². The minimum Gasteiger partial charge on any atom is -0.342 e. The summed E-state index contributed by atoms with van der Waals surface area (Å²) in [5.74, 6) is -0.635. The topological polar surface area (TPSA) is 52.9 Å². The Bertz CT molecular complexity index is 567. The Labute approximate surface area is 127 Å². The predicted octanol–water partition coefficient (Wildman–Crippen LogP) is 3.48. The zero-order valence-corrected chi connectivity index (χ0v) is 12.0. The molecule has 0 radical (unpaired) electrons. The SMILES string of the molecule is N#Cc1ccc(CC(=O)NC2(C(F)(F)F)CCCCC2)cc1. The number of alkyl halides is 3. The van der Waals surface area contributed by atoms with Crippen LogP contribution in [0, 0.1) is 11.3 Å². The molecule has 1 fully saturated rings. The van der Waals surface area contributed by atoms with Gasteiger partial charge in [0, 0.05) is 0 Å². The normalized spacial score (nSPS) is 17.5. The van der Waals surface area contributed by atoms with E-state index in [1.807, 2.05) is 6.07 Å². The van der Waals surface area contributed by atoms with Gasteiger partial charge in [0.1, 0.15) is 5.54 Å². The van der Waals surface area contributed by atoms with Crippen LogP contribution in [0.2, 0.25) is 0 Å². The van der Waals surface area contributed by atoms with Crippen LogP contribution in [0.4, 0.5) is 13.2 Å². The molecule has 0 atom stereocenters. The van der Waals surface area contributed by atoms with Crippen LogP contribution >= 0.6 is 0 Å². The summed E-state index contributed by atoms with van der Waals surface area (Å²) in [5, 5.41) is 10.9. The molecule has 1 aliphatic carbocycles. The van der Waals surface area contributed by atoms with Crippen molar-refractivity contribution in [3.63, 3.8) is 0 Å². The third kappa shape index (κ3) is 3.59. The first-order valence-corrected chi connectivity index (χ1v) is 7.23. The molecule has 3 nitrogen and oxygen atoms in total. The fourth-order valence-corrected chi connectivity index (χ4v) is 2.83. The standard InChI is InChI=1S/C16H17F3N2O/c17-16(18,19)15(8-2-1-3-9-15)21-14(22)10-12-4-6-13(11-20)7-5-12/h4-7H,1-3,8-10H2,(H,21,22). The van der Waals surface area contributed by atoms with Gasteiger partial charge >= 0.3 is 6.18 Å². The molecule has 0 saturated heterocycles. The highest BCUT2D eigenvalue weighted by Gasteiger charge is 2.55. The van der Waals surface area contributed by atoms with Crippen molar-refractivity contribution in [1.82, 2.24) is 5.32 Å². The number of hydrogen-bond acceptors (Lipinski definition) is 2. The van der Waals surface area contributed by atoms with Gasteiger partial charge in [-0.15, -0.1) is 0 Å². The lowest BCUT2D eigenvalue weighted by Crippen LogP contribution is -2.60. The van der Waals surface area contributed by atoms with Crippen molar-refractivity contribution < 1.29 is 18.0 Å². The second-order valence-corrected chi connectivity index (χ2v) is 5.67. The second kappa shape index (κ2) is 6.39. The van der Waals surface area contributed by atoms with E-state index in [0.29, 0.717) is 24.0 Å². The molecule has 0 aromatic heterocycles. The maximum Gasteiger partial charge on any atom is 0.411 e. The van der Waals surface area contributed by atoms with Gasteiger partial charge in [0.05, 0.1) is 18.1 Å². The predicted molar refractivity (Wildman–Crippen MR) is 74.9 cm³/mol. The molecular weight excluding hydrogens is 293 g/mol. The molecule has 0 unspecified atom stereocenters. The van der Waals surface area contributed by atoms with Crippen LogP contribution in [-0.2, 0) is 11.2 Å². The number of nitrogens with one attached hydrogen (secondary N) is 1. The number of halogens is 3. The highest BCUT2D eigenvalue weighted by atomic mass is 19.4. The van der Waals surface area contributed by atoms with Crippen LogP contribution in [0.5, 0.6) is 0 Å². The number of nitriles is 1. The highest BCUT2D eigenvalue weighted by molar-refractivity contribution is 5.79. The molecule has 0 aliphatic heterocycles. The van der Waals surface area contributed by atoms with Gasteiger partial charge in [-0.05, 0) is 30.5 Å². The first-order valence-electron chi connectivity index (χ1n) is 7.23. The molecule has 0 bridgehead atoms. The highest BCUT2D eigenvalue weighted by Crippen LogP contribution is 2.41. The fourth-order valence-electron chi connectivity index (χ4n) is 2.83. The molecule has 1 aromatic carbocycles. The number of carbonyl (C=O) groups is 1. The van der Waals surface area contributed by atoms with Gasteiger partial charge in [0.25, 0.3) is 0 Å². The maximum atomic E-state index is 13.3. The molecule has 2 rings (SSSR count). The van der Waals surface area contributed by atoms with Crippen molar-refractivity contribution >= 4 is 5.91 Å². The lowest BCUT2D eigenvalue weighted by atomic mass is 9.81. The quantitative estimate of drug-likeness (QED) is 0.929. The minimum absolute atomic E-state index is 0.0599. The number of amides is 1. The van der Waals surface area contributed by atoms with Crippen LogP contribution < -0.4 is 5.32 Å². The van der Waals surface area contributed by atoms with Gasteiger partial charge in [-0.1, -0.05) is 31.4 Å². The van der Waals surface area contributed by atoms with Crippen molar-refractivity contribution in [1.29, 1.82) is 5.26 Å². The third-order valence-electron chi connectivity index (χ3n) is 4.08. The fraction of sp³-hybridized carbons (Fsp3) is 0.500. The molecule has 1 N–H and O–H groups in total. The molecule has 1 aromatic rings. The number of hydrogen-bond donors (Lipinski definition) is 1. The number of nitrogens with zero attached hydrogens (tertiary/aromatic N) is 1. The summed E-state index contributed by atoms with van der Waals surface area (Å²) in [5.41, 5.74) is -1.05. The van der Waals surface area contributed by atoms with E-state index in [4.69, 9.17) is 5.26 Å². The van der Waals surface area contributed by atoms with Crippen LogP contribution in [0.15, 0.2) is 24.3 Å². The van der Waals surface area contributed by atoms with E-state index in [2.05, 4.69) is 5.32 Å². The van der Waals surface area contributed by atoms with E-state index in [1.165, 1.54) is 0 Å². The van der Waals surface area contributed by atoms with Gasteiger partial charge in [0.2, 0.25) is 5.91 Å². The number of benzene rings is 1. The Morgan fingerprint density at radius 2 is 1.77 bits per heavy atom. The van der Waals surface area contributed by atoms with E-state index in [-0.39, 0.29) is 19.3 Å². The molecule has 1 amide bonds. The van der Waals surface area contributed by atoms with Crippen molar-refractivity contribution in [3.8, 4) is 6.07 Å². The Balaban J connectivity index is 2.06. The summed E-state index contributed by atoms with van der Waals surface area (Å²) in [7, 11) is 0. The smallest absolute Gasteiger partial charge is 0.342 e. The summed E-state index contributed by atoms with van der Waals surface area (Å²) >= 11 is 0. The van der Waals surface area contributed by atoms with E-state index in [1.54, 1.807) is 24.3 Å². The van der Waals surface area contributed by atoms with Crippen LogP contribution in [0.1, 0.15) is 43.2 Å². The maximum absolute atomic E-state index is 13.3. The largest absolute Gasteiger partial charge is 0.411 e. The molecule has 0 heterocycles. The molecular formula is C16H17F3N2O. The third-order valence-corrected chi connectivity index (χ3v) is 4.08. The van der Waals surface area contributed by atoms with Gasteiger partial charge < -0.3 is 5.32 Å². The van der Waals surface area contributed by atoms with Crippen molar-refractivity contribution in [2.75, 3.05) is 0 Å². The average Bonchev–Trinajstić information content (AvgIpc) is 2.48. The Morgan fingerprint density at radius 1 is 1.18 bits per heavy atom. The van der Waals surface area contributed by atoms with Crippen molar-refractivity contribution in [2.24, 2.45) is 0 Å². The van der Waals surface area contributed by atoms with E-state index in [0.717, 1.165) is 6.42 Å². The zero-order chi connectivity index (χ0) is 16.2. The number of rotatable bonds is 3. The van der Waals surface area contributed by atoms with Crippen molar-refractivity contribution in [3.05, 3.63) is 35.4 Å². The molecule has 6 heteroatoms. The summed E-state index contributed by atoms with van der Waals surface area (Å²) in [4.78, 5) is 12.0. The van der Waals surface area contributed by atoms with Crippen molar-refractivity contribution in [2.45, 2.75) is 50.2 Å². The Hall–Kier alpha value is -2.03. The monoisotopic (exact) mass is 310 g/mol. The molecule has 1 aliphatic rings. The lowest BCUT2D eigenvalue weighted by molar-refractivity contribution is -0.206. The van der Waals surface area contributed by atoms with E-state index < -0.39 is 17.6 Å². The Morgan fingerprint density at radius 3 is 2.27 bits per heavy atom.